The van der Waals surface area contributed by atoms with Gasteiger partial charge < -0.3 is 0 Å². The SMILES string of the molecule is Cc1cccc(Cl)c1N=C1C(=Nc2c(C(C)C)cccc2C(C)C)c2cccc3cccc1c23. The largest absolute Gasteiger partial charge is 0.245 e. The molecule has 5 rings (SSSR count). The highest BCUT2D eigenvalue weighted by atomic mass is 35.5. The molecule has 2 nitrogen and oxygen atoms in total. The Morgan fingerprint density at radius 1 is 0.618 bits per heavy atom. The van der Waals surface area contributed by atoms with Crippen molar-refractivity contribution in [2.24, 2.45) is 9.98 Å². The van der Waals surface area contributed by atoms with Gasteiger partial charge >= 0.3 is 0 Å². The van der Waals surface area contributed by atoms with Crippen LogP contribution < -0.4 is 0 Å². The van der Waals surface area contributed by atoms with Crippen molar-refractivity contribution in [3.8, 4) is 0 Å². The van der Waals surface area contributed by atoms with E-state index in [1.807, 2.05) is 12.1 Å². The molecule has 4 aromatic rings. The van der Waals surface area contributed by atoms with E-state index in [9.17, 15) is 0 Å². The molecule has 0 N–H and O–H groups in total. The molecule has 0 aromatic heterocycles. The first-order valence-electron chi connectivity index (χ1n) is 11.9. The molecule has 0 atom stereocenters. The fraction of sp³-hybridized carbons (Fsp3) is 0.226. The maximum Gasteiger partial charge on any atom is 0.0979 e. The van der Waals surface area contributed by atoms with Gasteiger partial charge in [-0.15, -0.1) is 0 Å². The van der Waals surface area contributed by atoms with Crippen molar-refractivity contribution < 1.29 is 0 Å². The molecule has 0 saturated carbocycles. The molecule has 170 valence electrons. The van der Waals surface area contributed by atoms with Crippen LogP contribution >= 0.6 is 11.6 Å². The maximum absolute atomic E-state index is 6.62. The van der Waals surface area contributed by atoms with Crippen LogP contribution in [0.25, 0.3) is 10.8 Å². The van der Waals surface area contributed by atoms with E-state index in [2.05, 4.69) is 95.3 Å². The number of hydrogen-bond acceptors (Lipinski definition) is 2. The van der Waals surface area contributed by atoms with Crippen LogP contribution in [0.15, 0.2) is 82.8 Å². The zero-order chi connectivity index (χ0) is 24.0. The van der Waals surface area contributed by atoms with E-state index in [1.165, 1.54) is 21.9 Å². The number of hydrogen-bond donors (Lipinski definition) is 0. The summed E-state index contributed by atoms with van der Waals surface area (Å²) >= 11 is 6.62. The molecule has 3 heteroatoms. The van der Waals surface area contributed by atoms with Gasteiger partial charge in [0.15, 0.2) is 0 Å². The van der Waals surface area contributed by atoms with Crippen LogP contribution in [-0.2, 0) is 0 Å². The summed E-state index contributed by atoms with van der Waals surface area (Å²) in [5, 5.41) is 3.06. The number of benzene rings is 4. The minimum atomic E-state index is 0.365. The Morgan fingerprint density at radius 2 is 1.12 bits per heavy atom. The first-order valence-corrected chi connectivity index (χ1v) is 12.3. The Bertz CT molecular complexity index is 1420. The molecule has 0 amide bonds. The predicted octanol–water partition coefficient (Wildman–Crippen LogP) is 9.30. The van der Waals surface area contributed by atoms with E-state index in [0.717, 1.165) is 39.5 Å². The third kappa shape index (κ3) is 3.76. The van der Waals surface area contributed by atoms with E-state index >= 15 is 0 Å². The second-order valence-corrected chi connectivity index (χ2v) is 10.0. The van der Waals surface area contributed by atoms with Gasteiger partial charge in [0.05, 0.1) is 27.8 Å². The van der Waals surface area contributed by atoms with Crippen LogP contribution in [0.5, 0.6) is 0 Å². The van der Waals surface area contributed by atoms with Gasteiger partial charge in [-0.2, -0.15) is 0 Å². The molecule has 1 aliphatic rings. The first kappa shape index (κ1) is 22.6. The van der Waals surface area contributed by atoms with Gasteiger partial charge in [0, 0.05) is 16.5 Å². The molecule has 0 spiro atoms. The molecule has 0 unspecified atom stereocenters. The van der Waals surface area contributed by atoms with Crippen LogP contribution in [0.2, 0.25) is 5.02 Å². The highest BCUT2D eigenvalue weighted by Crippen LogP contribution is 2.39. The lowest BCUT2D eigenvalue weighted by atomic mass is 9.92. The quantitative estimate of drug-likeness (QED) is 0.287. The van der Waals surface area contributed by atoms with Gasteiger partial charge in [-0.1, -0.05) is 106 Å². The third-order valence-corrected chi connectivity index (χ3v) is 6.92. The number of halogens is 1. The fourth-order valence-electron chi connectivity index (χ4n) is 4.85. The molecular weight excluding hydrogens is 436 g/mol. The Morgan fingerprint density at radius 3 is 1.65 bits per heavy atom. The second kappa shape index (κ2) is 8.85. The van der Waals surface area contributed by atoms with E-state index < -0.39 is 0 Å². The van der Waals surface area contributed by atoms with Crippen molar-refractivity contribution >= 4 is 45.2 Å². The molecule has 0 heterocycles. The van der Waals surface area contributed by atoms with Crippen molar-refractivity contribution in [3.05, 3.63) is 106 Å². The Hall–Kier alpha value is -3.23. The molecule has 0 radical (unpaired) electrons. The summed E-state index contributed by atoms with van der Waals surface area (Å²) in [4.78, 5) is 10.6. The maximum atomic E-state index is 6.62. The zero-order valence-corrected chi connectivity index (χ0v) is 21.1. The van der Waals surface area contributed by atoms with Crippen molar-refractivity contribution in [2.75, 3.05) is 0 Å². The minimum Gasteiger partial charge on any atom is -0.245 e. The number of nitrogens with zero attached hydrogens (tertiary/aromatic N) is 2. The van der Waals surface area contributed by atoms with Crippen LogP contribution in [0.1, 0.15) is 67.3 Å². The van der Waals surface area contributed by atoms with E-state index in [0.29, 0.717) is 16.9 Å². The number of para-hydroxylation sites is 2. The highest BCUT2D eigenvalue weighted by Gasteiger charge is 2.28. The Kier molecular flexibility index (Phi) is 5.87. The normalized spacial score (nSPS) is 15.4. The Labute approximate surface area is 207 Å². The van der Waals surface area contributed by atoms with E-state index in [4.69, 9.17) is 21.6 Å². The number of aliphatic imine (C=N–C) groups is 2. The smallest absolute Gasteiger partial charge is 0.0979 e. The second-order valence-electron chi connectivity index (χ2n) is 9.63. The summed E-state index contributed by atoms with van der Waals surface area (Å²) in [6.45, 7) is 11.0. The standard InChI is InChI=1S/C31H29ClN2/c1-18(2)22-13-9-14-23(19(3)4)29(22)34-31-25-16-8-12-21-11-7-15-24(27(21)25)30(31)33-28-20(5)10-6-17-26(28)32/h6-19H,1-5H3. The van der Waals surface area contributed by atoms with Crippen LogP contribution in [0, 0.1) is 6.92 Å². The molecule has 0 bridgehead atoms. The summed E-state index contributed by atoms with van der Waals surface area (Å²) in [6.07, 6.45) is 0. The van der Waals surface area contributed by atoms with Gasteiger partial charge in [0.2, 0.25) is 0 Å². The first-order chi connectivity index (χ1) is 16.4. The molecule has 0 aliphatic heterocycles. The van der Waals surface area contributed by atoms with Crippen molar-refractivity contribution in [1.29, 1.82) is 0 Å². The van der Waals surface area contributed by atoms with Crippen LogP contribution in [-0.4, -0.2) is 11.4 Å². The fourth-order valence-corrected chi connectivity index (χ4v) is 5.11. The number of aryl methyl sites for hydroxylation is 1. The number of rotatable bonds is 4. The summed E-state index contributed by atoms with van der Waals surface area (Å²) < 4.78 is 0. The average Bonchev–Trinajstić information content (AvgIpc) is 3.10. The molecular formula is C31H29ClN2. The molecule has 0 fully saturated rings. The molecule has 0 saturated heterocycles. The van der Waals surface area contributed by atoms with Crippen molar-refractivity contribution in [1.82, 2.24) is 0 Å². The molecule has 1 aliphatic carbocycles. The van der Waals surface area contributed by atoms with Gasteiger partial charge in [0.25, 0.3) is 0 Å². The van der Waals surface area contributed by atoms with Crippen LogP contribution in [0.3, 0.4) is 0 Å². The monoisotopic (exact) mass is 464 g/mol. The van der Waals surface area contributed by atoms with Gasteiger partial charge in [-0.3, -0.25) is 0 Å². The lowest BCUT2D eigenvalue weighted by Gasteiger charge is -2.17. The summed E-state index contributed by atoms with van der Waals surface area (Å²) in [6, 6.07) is 25.3. The summed E-state index contributed by atoms with van der Waals surface area (Å²) in [5.41, 5.74) is 9.48. The Balaban J connectivity index is 1.86. The topological polar surface area (TPSA) is 24.7 Å². The lowest BCUT2D eigenvalue weighted by molar-refractivity contribution is 0.835. The third-order valence-electron chi connectivity index (χ3n) is 6.62. The highest BCUT2D eigenvalue weighted by molar-refractivity contribution is 6.61. The van der Waals surface area contributed by atoms with Gasteiger partial charge in [-0.05, 0) is 46.9 Å². The van der Waals surface area contributed by atoms with E-state index in [-0.39, 0.29) is 0 Å². The minimum absolute atomic E-state index is 0.365. The van der Waals surface area contributed by atoms with Crippen molar-refractivity contribution in [3.63, 3.8) is 0 Å². The van der Waals surface area contributed by atoms with Gasteiger partial charge in [0.1, 0.15) is 0 Å². The van der Waals surface area contributed by atoms with Gasteiger partial charge in [-0.25, -0.2) is 9.98 Å². The zero-order valence-electron chi connectivity index (χ0n) is 20.4. The van der Waals surface area contributed by atoms with E-state index in [1.54, 1.807) is 0 Å². The van der Waals surface area contributed by atoms with Crippen LogP contribution in [0.4, 0.5) is 11.4 Å². The molecule has 34 heavy (non-hydrogen) atoms. The lowest BCUT2D eigenvalue weighted by Crippen LogP contribution is -2.11. The predicted molar refractivity (Wildman–Crippen MR) is 147 cm³/mol. The van der Waals surface area contributed by atoms with Crippen molar-refractivity contribution in [2.45, 2.75) is 46.5 Å². The average molecular weight is 465 g/mol. The summed E-state index contributed by atoms with van der Waals surface area (Å²) in [5.74, 6) is 0.729. The molecule has 4 aromatic carbocycles. The summed E-state index contributed by atoms with van der Waals surface area (Å²) in [7, 11) is 0.